The number of benzene rings is 5. The van der Waals surface area contributed by atoms with E-state index in [2.05, 4.69) is 20.5 Å². The van der Waals surface area contributed by atoms with Crippen LogP contribution in [-0.4, -0.2) is 77.7 Å². The normalized spacial score (nSPS) is 17.7. The van der Waals surface area contributed by atoms with E-state index in [0.29, 0.717) is 45.5 Å². The van der Waals surface area contributed by atoms with Crippen molar-refractivity contribution in [1.29, 1.82) is 0 Å². The smallest absolute Gasteiger partial charge is 0.408 e. The maximum absolute atomic E-state index is 13.2. The maximum atomic E-state index is 13.2. The second kappa shape index (κ2) is 20.2. The van der Waals surface area contributed by atoms with Crippen molar-refractivity contribution in [3.05, 3.63) is 170 Å². The number of alkyl carbamates (subject to hydrolysis) is 1. The second-order valence-corrected chi connectivity index (χ2v) is 16.2. The average Bonchev–Trinajstić information content (AvgIpc) is 3.31. The zero-order valence-electron chi connectivity index (χ0n) is 34.5. The Kier molecular flexibility index (Phi) is 13.9. The summed E-state index contributed by atoms with van der Waals surface area (Å²) in [5, 5.41) is 28.3. The van der Waals surface area contributed by atoms with E-state index < -0.39 is 24.2 Å². The van der Waals surface area contributed by atoms with Gasteiger partial charge in [-0.15, -0.1) is 0 Å². The molecule has 3 saturated heterocycles. The molecule has 326 valence electrons. The van der Waals surface area contributed by atoms with E-state index in [1.54, 1.807) is 36.4 Å². The molecule has 5 N–H and O–H groups in total. The standard InChI is InChI=1S/C49H49ClN4O9/c50-45-36(27-51-28-41(56)38-16-18-40(55)47-39(38)17-19-44(57)52-47)9-5-11-42(45)60-24-25-61-48(58)34-14-12-31(13-15-34)30-62-37-10-4-8-35(26-37)46(33-6-2-1-3-7-33)53-49(59)63-43-29-54-22-20-32(43)21-23-54/h1-19,26,32,41,43,46,51,55-56H,20-25,27-30H2,(H,52,57)(H,53,59)/t41-,43-,46-/m0/s1. The number of hydrogen-bond acceptors (Lipinski definition) is 11. The Bertz CT molecular complexity index is 2580. The van der Waals surface area contributed by atoms with E-state index in [4.69, 9.17) is 30.5 Å². The molecule has 0 unspecified atom stereocenters. The molecule has 1 aromatic heterocycles. The minimum Gasteiger partial charge on any atom is -0.506 e. The molecule has 9 rings (SSSR count). The van der Waals surface area contributed by atoms with Gasteiger partial charge >= 0.3 is 12.1 Å². The largest absolute Gasteiger partial charge is 0.506 e. The minimum atomic E-state index is -0.929. The number of nitrogens with zero attached hydrogens (tertiary/aromatic N) is 1. The lowest BCUT2D eigenvalue weighted by molar-refractivity contribution is -0.0336. The lowest BCUT2D eigenvalue weighted by Crippen LogP contribution is -2.52. The van der Waals surface area contributed by atoms with Gasteiger partial charge in [0.1, 0.15) is 43.2 Å². The number of halogens is 1. The van der Waals surface area contributed by atoms with Gasteiger partial charge in [0.05, 0.1) is 28.2 Å². The number of phenolic OH excluding ortho intramolecular Hbond substituents is 1. The van der Waals surface area contributed by atoms with Crippen molar-refractivity contribution in [2.75, 3.05) is 39.4 Å². The number of aromatic hydroxyl groups is 1. The Morgan fingerprint density at radius 1 is 0.857 bits per heavy atom. The lowest BCUT2D eigenvalue weighted by Gasteiger charge is -2.43. The highest BCUT2D eigenvalue weighted by Gasteiger charge is 2.37. The molecular weight excluding hydrogens is 824 g/mol. The van der Waals surface area contributed by atoms with E-state index >= 15 is 0 Å². The first kappa shape index (κ1) is 43.3. The van der Waals surface area contributed by atoms with Gasteiger partial charge in [-0.1, -0.05) is 84.4 Å². The van der Waals surface area contributed by atoms with Crippen molar-refractivity contribution in [2.45, 2.75) is 44.2 Å². The van der Waals surface area contributed by atoms with Gasteiger partial charge in [0, 0.05) is 31.1 Å². The van der Waals surface area contributed by atoms with Crippen LogP contribution in [0.1, 0.15) is 63.2 Å². The number of ether oxygens (including phenoxy) is 4. The molecule has 13 nitrogen and oxygen atoms in total. The predicted molar refractivity (Wildman–Crippen MR) is 238 cm³/mol. The fraction of sp³-hybridized carbons (Fsp3) is 0.286. The molecular formula is C49H49ClN4O9. The fourth-order valence-corrected chi connectivity index (χ4v) is 8.45. The number of phenols is 1. The summed E-state index contributed by atoms with van der Waals surface area (Å²) < 4.78 is 23.4. The number of carbonyl (C=O) groups excluding carboxylic acids is 2. The molecule has 3 fully saturated rings. The van der Waals surface area contributed by atoms with Crippen LogP contribution in [0.2, 0.25) is 5.02 Å². The van der Waals surface area contributed by atoms with E-state index in [1.807, 2.05) is 72.8 Å². The summed E-state index contributed by atoms with van der Waals surface area (Å²) in [7, 11) is 0. The third kappa shape index (κ3) is 10.8. The second-order valence-electron chi connectivity index (χ2n) is 15.8. The van der Waals surface area contributed by atoms with Gasteiger partial charge < -0.3 is 44.8 Å². The molecule has 2 bridgehead atoms. The van der Waals surface area contributed by atoms with Gasteiger partial charge in [0.25, 0.3) is 0 Å². The highest BCUT2D eigenvalue weighted by molar-refractivity contribution is 6.32. The molecule has 0 saturated carbocycles. The zero-order chi connectivity index (χ0) is 43.7. The van der Waals surface area contributed by atoms with Crippen molar-refractivity contribution < 1.29 is 38.7 Å². The average molecular weight is 873 g/mol. The van der Waals surface area contributed by atoms with Crippen LogP contribution in [0.15, 0.2) is 126 Å². The molecule has 63 heavy (non-hydrogen) atoms. The maximum Gasteiger partial charge on any atom is 0.408 e. The molecule has 0 radical (unpaired) electrons. The number of rotatable bonds is 17. The molecule has 1 amide bonds. The van der Waals surface area contributed by atoms with Gasteiger partial charge in [-0.3, -0.25) is 9.69 Å². The molecule has 3 atom stereocenters. The van der Waals surface area contributed by atoms with E-state index in [0.717, 1.165) is 54.7 Å². The van der Waals surface area contributed by atoms with E-state index in [9.17, 15) is 24.6 Å². The third-order valence-corrected chi connectivity index (χ3v) is 12.0. The zero-order valence-corrected chi connectivity index (χ0v) is 35.3. The molecule has 0 spiro atoms. The summed E-state index contributed by atoms with van der Waals surface area (Å²) in [5.41, 5.74) is 4.21. The fourth-order valence-electron chi connectivity index (χ4n) is 8.20. The Balaban J connectivity index is 0.788. The molecule has 4 heterocycles. The number of aromatic nitrogens is 1. The first-order valence-corrected chi connectivity index (χ1v) is 21.4. The quantitative estimate of drug-likeness (QED) is 0.0456. The number of piperidine rings is 3. The van der Waals surface area contributed by atoms with Crippen molar-refractivity contribution in [2.24, 2.45) is 5.92 Å². The third-order valence-electron chi connectivity index (χ3n) is 11.6. The van der Waals surface area contributed by atoms with Crippen molar-refractivity contribution >= 4 is 34.6 Å². The Labute approximate surface area is 369 Å². The van der Waals surface area contributed by atoms with Crippen LogP contribution in [0.25, 0.3) is 10.9 Å². The number of aliphatic hydroxyl groups is 1. The lowest BCUT2D eigenvalue weighted by atomic mass is 9.86. The molecule has 5 aromatic carbocycles. The Morgan fingerprint density at radius 2 is 1.63 bits per heavy atom. The molecule has 14 heteroatoms. The van der Waals surface area contributed by atoms with E-state index in [-0.39, 0.29) is 49.3 Å². The van der Waals surface area contributed by atoms with Crippen molar-refractivity contribution in [1.82, 2.24) is 20.5 Å². The number of esters is 1. The number of aromatic amines is 1. The summed E-state index contributed by atoms with van der Waals surface area (Å²) in [6.07, 6.45) is 0.655. The van der Waals surface area contributed by atoms with Gasteiger partial charge in [0.15, 0.2) is 0 Å². The van der Waals surface area contributed by atoms with Crippen molar-refractivity contribution in [3.8, 4) is 17.2 Å². The van der Waals surface area contributed by atoms with Crippen molar-refractivity contribution in [3.63, 3.8) is 0 Å². The minimum absolute atomic E-state index is 0.00680. The monoisotopic (exact) mass is 872 g/mol. The highest BCUT2D eigenvalue weighted by atomic mass is 35.5. The first-order valence-electron chi connectivity index (χ1n) is 21.1. The Hall–Kier alpha value is -6.38. The van der Waals surface area contributed by atoms with Gasteiger partial charge in [-0.25, -0.2) is 9.59 Å². The highest BCUT2D eigenvalue weighted by Crippen LogP contribution is 2.32. The van der Waals surface area contributed by atoms with Crippen LogP contribution >= 0.6 is 11.6 Å². The molecule has 3 aliphatic rings. The number of H-pyrrole nitrogens is 1. The SMILES string of the molecule is O=C(N[C@@H](c1ccccc1)c1cccc(OCc2ccc(C(=O)OCCOc3cccc(CNC[C@H](O)c4ccc(O)c5[nH]c(=O)ccc45)c3Cl)cc2)c1)O[C@H]1CN2CCC1CC2. The van der Waals surface area contributed by atoms with E-state index in [1.165, 1.54) is 12.1 Å². The number of carbonyl (C=O) groups is 2. The van der Waals surface area contributed by atoms with Gasteiger partial charge in [-0.05, 0) is 102 Å². The summed E-state index contributed by atoms with van der Waals surface area (Å²) >= 11 is 6.64. The van der Waals surface area contributed by atoms with Crippen LogP contribution in [0.3, 0.4) is 0 Å². The summed E-state index contributed by atoms with van der Waals surface area (Å²) in [6, 6.07) is 35.3. The number of hydrogen-bond donors (Lipinski definition) is 5. The van der Waals surface area contributed by atoms with Crippen LogP contribution < -0.4 is 25.7 Å². The van der Waals surface area contributed by atoms with Crippen LogP contribution in [0, 0.1) is 5.92 Å². The van der Waals surface area contributed by atoms with Crippen LogP contribution in [0.5, 0.6) is 17.2 Å². The number of amides is 1. The number of fused-ring (bicyclic) bond motifs is 4. The molecule has 0 aliphatic carbocycles. The predicted octanol–water partition coefficient (Wildman–Crippen LogP) is 7.43. The van der Waals surface area contributed by atoms with Crippen LogP contribution in [0.4, 0.5) is 4.79 Å². The number of aliphatic hydroxyl groups excluding tert-OH is 1. The molecule has 3 aliphatic heterocycles. The van der Waals surface area contributed by atoms with Crippen LogP contribution in [-0.2, 0) is 22.6 Å². The summed E-state index contributed by atoms with van der Waals surface area (Å²) in [5.74, 6) is 0.881. The summed E-state index contributed by atoms with van der Waals surface area (Å²) in [6.45, 7) is 3.74. The molecule has 6 aromatic rings. The van der Waals surface area contributed by atoms with Gasteiger partial charge in [-0.2, -0.15) is 0 Å². The summed E-state index contributed by atoms with van der Waals surface area (Å²) in [4.78, 5) is 42.8. The topological polar surface area (TPSA) is 172 Å². The first-order chi connectivity index (χ1) is 30.7. The number of nitrogens with one attached hydrogen (secondary N) is 3. The Morgan fingerprint density at radius 3 is 2.41 bits per heavy atom. The van der Waals surface area contributed by atoms with Gasteiger partial charge in [0.2, 0.25) is 5.56 Å². The number of pyridine rings is 1.